The smallest absolute Gasteiger partial charge is 0.226 e. The summed E-state index contributed by atoms with van der Waals surface area (Å²) in [7, 11) is 0. The first kappa shape index (κ1) is 15.8. The monoisotopic (exact) mass is 299 g/mol. The Labute approximate surface area is 127 Å². The van der Waals surface area contributed by atoms with E-state index < -0.39 is 0 Å². The number of hydrogen-bond donors (Lipinski definition) is 1. The molecule has 0 aliphatic heterocycles. The van der Waals surface area contributed by atoms with Gasteiger partial charge in [-0.25, -0.2) is 0 Å². The first-order valence-corrected chi connectivity index (χ1v) is 7.78. The van der Waals surface area contributed by atoms with Crippen LogP contribution < -0.4 is 5.73 Å². The normalized spacial score (nSPS) is 29.1. The molecule has 0 spiro atoms. The standard InChI is InChI=1S/C15H25N3O.ClH/c1-11-5-4-6-12(9-11)10-13-17-14(18-19-13)15(16)7-2-3-8-15;/h11-12H,2-10,16H2,1H3;1H. The third-order valence-corrected chi connectivity index (χ3v) is 4.92. The SMILES string of the molecule is CC1CCCC(Cc2nc(C3(N)CCCC3)no2)C1.Cl. The molecule has 3 rings (SSSR count). The molecule has 2 atom stereocenters. The third kappa shape index (κ3) is 3.34. The van der Waals surface area contributed by atoms with E-state index in [1.165, 1.54) is 38.5 Å². The zero-order valence-electron chi connectivity index (χ0n) is 12.3. The summed E-state index contributed by atoms with van der Waals surface area (Å²) in [5.41, 5.74) is 6.05. The summed E-state index contributed by atoms with van der Waals surface area (Å²) in [5.74, 6) is 3.10. The summed E-state index contributed by atoms with van der Waals surface area (Å²) in [5, 5.41) is 4.14. The quantitative estimate of drug-likeness (QED) is 0.926. The van der Waals surface area contributed by atoms with Crippen LogP contribution in [0.25, 0.3) is 0 Å². The van der Waals surface area contributed by atoms with Crippen molar-refractivity contribution in [1.29, 1.82) is 0 Å². The Morgan fingerprint density at radius 3 is 2.70 bits per heavy atom. The maximum Gasteiger partial charge on any atom is 0.226 e. The van der Waals surface area contributed by atoms with Crippen molar-refractivity contribution >= 4 is 12.4 Å². The Kier molecular flexibility index (Phi) is 5.08. The maximum absolute atomic E-state index is 6.36. The first-order chi connectivity index (χ1) is 9.16. The van der Waals surface area contributed by atoms with Crippen LogP contribution >= 0.6 is 12.4 Å². The minimum atomic E-state index is -0.318. The first-order valence-electron chi connectivity index (χ1n) is 7.78. The van der Waals surface area contributed by atoms with Crippen molar-refractivity contribution in [1.82, 2.24) is 10.1 Å². The average molecular weight is 300 g/mol. The molecule has 2 fully saturated rings. The highest BCUT2D eigenvalue weighted by Gasteiger charge is 2.36. The topological polar surface area (TPSA) is 64.9 Å². The molecule has 1 heterocycles. The van der Waals surface area contributed by atoms with Gasteiger partial charge in [-0.05, 0) is 37.5 Å². The molecule has 5 heteroatoms. The Hall–Kier alpha value is -0.610. The predicted octanol–water partition coefficient (Wildman–Crippen LogP) is 3.59. The van der Waals surface area contributed by atoms with Gasteiger partial charge in [-0.2, -0.15) is 4.98 Å². The Morgan fingerprint density at radius 1 is 1.25 bits per heavy atom. The van der Waals surface area contributed by atoms with Crippen molar-refractivity contribution in [3.05, 3.63) is 11.7 Å². The molecule has 0 aromatic carbocycles. The van der Waals surface area contributed by atoms with E-state index in [2.05, 4.69) is 17.1 Å². The molecule has 20 heavy (non-hydrogen) atoms. The van der Waals surface area contributed by atoms with E-state index in [0.29, 0.717) is 5.92 Å². The lowest BCUT2D eigenvalue weighted by atomic mass is 9.81. The number of hydrogen-bond acceptors (Lipinski definition) is 4. The molecule has 1 aromatic heterocycles. The summed E-state index contributed by atoms with van der Waals surface area (Å²) < 4.78 is 5.44. The van der Waals surface area contributed by atoms with Crippen molar-refractivity contribution < 1.29 is 4.52 Å². The minimum Gasteiger partial charge on any atom is -0.339 e. The minimum absolute atomic E-state index is 0. The van der Waals surface area contributed by atoms with Gasteiger partial charge in [0.25, 0.3) is 0 Å². The van der Waals surface area contributed by atoms with Crippen LogP contribution in [0.4, 0.5) is 0 Å². The summed E-state index contributed by atoms with van der Waals surface area (Å²) in [4.78, 5) is 4.58. The van der Waals surface area contributed by atoms with Crippen molar-refractivity contribution in [3.63, 3.8) is 0 Å². The molecule has 0 amide bonds. The fraction of sp³-hybridized carbons (Fsp3) is 0.867. The van der Waals surface area contributed by atoms with Gasteiger partial charge in [0.15, 0.2) is 5.82 Å². The molecular formula is C15H26ClN3O. The second-order valence-electron chi connectivity index (χ2n) is 6.72. The van der Waals surface area contributed by atoms with Gasteiger partial charge in [-0.3, -0.25) is 0 Å². The van der Waals surface area contributed by atoms with Gasteiger partial charge in [0.05, 0.1) is 5.54 Å². The summed E-state index contributed by atoms with van der Waals surface area (Å²) in [6, 6.07) is 0. The van der Waals surface area contributed by atoms with Crippen LogP contribution in [-0.4, -0.2) is 10.1 Å². The Bertz CT molecular complexity index is 429. The highest BCUT2D eigenvalue weighted by molar-refractivity contribution is 5.85. The number of halogens is 1. The second kappa shape index (κ2) is 6.44. The van der Waals surface area contributed by atoms with Crippen molar-refractivity contribution in [2.45, 2.75) is 70.3 Å². The van der Waals surface area contributed by atoms with E-state index in [9.17, 15) is 0 Å². The highest BCUT2D eigenvalue weighted by atomic mass is 35.5. The summed E-state index contributed by atoms with van der Waals surface area (Å²) >= 11 is 0. The predicted molar refractivity (Wildman–Crippen MR) is 80.7 cm³/mol. The lowest BCUT2D eigenvalue weighted by molar-refractivity contribution is 0.256. The van der Waals surface area contributed by atoms with Crippen LogP contribution in [0.5, 0.6) is 0 Å². The van der Waals surface area contributed by atoms with Gasteiger partial charge in [-0.1, -0.05) is 37.8 Å². The highest BCUT2D eigenvalue weighted by Crippen LogP contribution is 2.35. The van der Waals surface area contributed by atoms with E-state index in [0.717, 1.165) is 36.9 Å². The summed E-state index contributed by atoms with van der Waals surface area (Å²) in [6.45, 7) is 2.35. The molecule has 0 radical (unpaired) electrons. The van der Waals surface area contributed by atoms with E-state index in [-0.39, 0.29) is 17.9 Å². The molecule has 4 nitrogen and oxygen atoms in total. The van der Waals surface area contributed by atoms with Crippen LogP contribution in [0, 0.1) is 11.8 Å². The van der Waals surface area contributed by atoms with Gasteiger partial charge in [0.2, 0.25) is 5.89 Å². The maximum atomic E-state index is 6.36. The van der Waals surface area contributed by atoms with Crippen LogP contribution in [0.3, 0.4) is 0 Å². The molecule has 2 aliphatic rings. The lowest BCUT2D eigenvalue weighted by Crippen LogP contribution is -2.34. The molecule has 1 aromatic rings. The van der Waals surface area contributed by atoms with E-state index in [1.807, 2.05) is 0 Å². The number of nitrogens with two attached hydrogens (primary N) is 1. The fourth-order valence-electron chi connectivity index (χ4n) is 3.76. The zero-order chi connectivity index (χ0) is 13.3. The molecule has 2 aliphatic carbocycles. The molecule has 2 unspecified atom stereocenters. The van der Waals surface area contributed by atoms with Crippen molar-refractivity contribution in [2.24, 2.45) is 17.6 Å². The van der Waals surface area contributed by atoms with Gasteiger partial charge in [-0.15, -0.1) is 12.4 Å². The van der Waals surface area contributed by atoms with Gasteiger partial charge >= 0.3 is 0 Å². The van der Waals surface area contributed by atoms with Crippen LogP contribution in [-0.2, 0) is 12.0 Å². The molecular weight excluding hydrogens is 274 g/mol. The van der Waals surface area contributed by atoms with Crippen molar-refractivity contribution in [3.8, 4) is 0 Å². The zero-order valence-corrected chi connectivity index (χ0v) is 13.1. The molecule has 0 saturated heterocycles. The Morgan fingerprint density at radius 2 is 2.00 bits per heavy atom. The lowest BCUT2D eigenvalue weighted by Gasteiger charge is -2.25. The van der Waals surface area contributed by atoms with Crippen molar-refractivity contribution in [2.75, 3.05) is 0 Å². The van der Waals surface area contributed by atoms with E-state index >= 15 is 0 Å². The molecule has 114 valence electrons. The molecule has 2 N–H and O–H groups in total. The Balaban J connectivity index is 0.00000147. The average Bonchev–Trinajstić information content (AvgIpc) is 2.99. The van der Waals surface area contributed by atoms with Crippen LogP contribution in [0.2, 0.25) is 0 Å². The van der Waals surface area contributed by atoms with Crippen LogP contribution in [0.15, 0.2) is 4.52 Å². The number of nitrogens with zero attached hydrogens (tertiary/aromatic N) is 2. The third-order valence-electron chi connectivity index (χ3n) is 4.92. The largest absolute Gasteiger partial charge is 0.339 e. The van der Waals surface area contributed by atoms with E-state index in [4.69, 9.17) is 10.3 Å². The van der Waals surface area contributed by atoms with E-state index in [1.54, 1.807) is 0 Å². The van der Waals surface area contributed by atoms with Crippen LogP contribution in [0.1, 0.15) is 70.0 Å². The number of rotatable bonds is 3. The second-order valence-corrected chi connectivity index (χ2v) is 6.72. The van der Waals surface area contributed by atoms with Gasteiger partial charge < -0.3 is 10.3 Å². The van der Waals surface area contributed by atoms with Gasteiger partial charge in [0.1, 0.15) is 0 Å². The fourth-order valence-corrected chi connectivity index (χ4v) is 3.76. The molecule has 0 bridgehead atoms. The number of aromatic nitrogens is 2. The summed E-state index contributed by atoms with van der Waals surface area (Å²) in [6.07, 6.45) is 10.6. The molecule has 2 saturated carbocycles. The van der Waals surface area contributed by atoms with Gasteiger partial charge in [0, 0.05) is 6.42 Å².